The Morgan fingerprint density at radius 3 is 2.34 bits per heavy atom. The van der Waals surface area contributed by atoms with E-state index in [4.69, 9.17) is 15.7 Å². The van der Waals surface area contributed by atoms with E-state index < -0.39 is 0 Å². The average Bonchev–Trinajstić information content (AvgIpc) is 3.02. The number of benzene rings is 2. The Morgan fingerprint density at radius 2 is 1.72 bits per heavy atom. The van der Waals surface area contributed by atoms with Gasteiger partial charge in [-0.3, -0.25) is 4.98 Å². The fourth-order valence-electron chi connectivity index (χ4n) is 5.19. The number of aromatic nitrogens is 1. The number of aliphatic imine (C=N–C) groups is 1. The molecule has 164 valence electrons. The molecule has 1 aliphatic carbocycles. The van der Waals surface area contributed by atoms with E-state index in [1.807, 2.05) is 0 Å². The molecule has 2 N–H and O–H groups in total. The molecule has 1 aliphatic heterocycles. The van der Waals surface area contributed by atoms with E-state index in [0.717, 1.165) is 55.6 Å². The number of aryl methyl sites for hydroxylation is 3. The second kappa shape index (κ2) is 8.63. The number of nitrogens with two attached hydrogens (primary N) is 1. The lowest BCUT2D eigenvalue weighted by molar-refractivity contribution is 0.253. The summed E-state index contributed by atoms with van der Waals surface area (Å²) in [6.07, 6.45) is 7.29. The molecule has 3 nitrogen and oxygen atoms in total. The van der Waals surface area contributed by atoms with Crippen LogP contribution in [0.15, 0.2) is 65.7 Å². The molecule has 0 radical (unpaired) electrons. The zero-order valence-corrected chi connectivity index (χ0v) is 19.3. The number of nitrogens with zero attached hydrogens (tertiary/aromatic N) is 2. The lowest BCUT2D eigenvalue weighted by atomic mass is 9.72. The highest BCUT2D eigenvalue weighted by Crippen LogP contribution is 2.40. The van der Waals surface area contributed by atoms with Crippen LogP contribution in [0.5, 0.6) is 0 Å². The van der Waals surface area contributed by atoms with Crippen LogP contribution in [-0.2, 0) is 24.8 Å². The largest absolute Gasteiger partial charge is 0.321 e. The number of rotatable bonds is 5. The van der Waals surface area contributed by atoms with E-state index in [2.05, 4.69) is 74.5 Å². The van der Waals surface area contributed by atoms with Gasteiger partial charge < -0.3 is 5.73 Å². The summed E-state index contributed by atoms with van der Waals surface area (Å²) >= 11 is 0. The minimum atomic E-state index is -0.134. The van der Waals surface area contributed by atoms with Crippen molar-refractivity contribution in [1.82, 2.24) is 4.98 Å². The highest BCUT2D eigenvalue weighted by Gasteiger charge is 2.34. The number of hydrogen-bond donors (Lipinski definition) is 1. The van der Waals surface area contributed by atoms with Gasteiger partial charge in [-0.15, -0.1) is 0 Å². The molecule has 0 spiro atoms. The predicted octanol–water partition coefficient (Wildman–Crippen LogP) is 6.40. The lowest BCUT2D eigenvalue weighted by Crippen LogP contribution is -2.43. The monoisotopic (exact) mass is 423 g/mol. The molecule has 0 amide bonds. The standard InChI is InChI=1S/C29H33N3/c1-3-20-19-24(4-2)31-26-16-15-25(21-9-6-5-7-10-21)27(32-28(20)26)22-11-13-23(14-12-22)29(30)17-8-18-29/h5-7,9-14,19,25H,3-4,8,15-18,30H2,1-2H3. The smallest absolute Gasteiger partial charge is 0.0880 e. The van der Waals surface area contributed by atoms with Gasteiger partial charge in [0.15, 0.2) is 0 Å². The van der Waals surface area contributed by atoms with E-state index in [9.17, 15) is 0 Å². The molecule has 1 atom stereocenters. The second-order valence-electron chi connectivity index (χ2n) is 9.36. The summed E-state index contributed by atoms with van der Waals surface area (Å²) in [6, 6.07) is 22.0. The van der Waals surface area contributed by atoms with Crippen molar-refractivity contribution in [2.45, 2.75) is 70.3 Å². The average molecular weight is 424 g/mol. The van der Waals surface area contributed by atoms with Crippen molar-refractivity contribution in [3.05, 3.63) is 94.3 Å². The van der Waals surface area contributed by atoms with Gasteiger partial charge in [-0.2, -0.15) is 0 Å². The number of hydrogen-bond acceptors (Lipinski definition) is 3. The molecular weight excluding hydrogens is 390 g/mol. The molecule has 2 aliphatic rings. The first-order valence-electron chi connectivity index (χ1n) is 12.2. The minimum absolute atomic E-state index is 0.134. The fourth-order valence-corrected chi connectivity index (χ4v) is 5.19. The van der Waals surface area contributed by atoms with Crippen LogP contribution < -0.4 is 5.73 Å². The molecule has 0 bridgehead atoms. The third-order valence-corrected chi connectivity index (χ3v) is 7.38. The zero-order chi connectivity index (χ0) is 22.1. The van der Waals surface area contributed by atoms with Crippen molar-refractivity contribution in [3.8, 4) is 0 Å². The van der Waals surface area contributed by atoms with Crippen LogP contribution in [0.2, 0.25) is 0 Å². The van der Waals surface area contributed by atoms with Gasteiger partial charge in [-0.05, 0) is 73.3 Å². The fraction of sp³-hybridized carbons (Fsp3) is 0.379. The van der Waals surface area contributed by atoms with Crippen molar-refractivity contribution in [1.29, 1.82) is 0 Å². The maximum absolute atomic E-state index is 6.59. The minimum Gasteiger partial charge on any atom is -0.321 e. The molecular formula is C29H33N3. The van der Waals surface area contributed by atoms with Gasteiger partial charge in [-0.1, -0.05) is 68.4 Å². The Labute approximate surface area is 191 Å². The van der Waals surface area contributed by atoms with Crippen molar-refractivity contribution in [2.75, 3.05) is 0 Å². The summed E-state index contributed by atoms with van der Waals surface area (Å²) < 4.78 is 0. The molecule has 1 saturated carbocycles. The van der Waals surface area contributed by atoms with Gasteiger partial charge >= 0.3 is 0 Å². The summed E-state index contributed by atoms with van der Waals surface area (Å²) in [4.78, 5) is 10.4. The quantitative estimate of drug-likeness (QED) is 0.516. The Bertz CT molecular complexity index is 1130. The third-order valence-electron chi connectivity index (χ3n) is 7.38. The van der Waals surface area contributed by atoms with Gasteiger partial charge in [0.1, 0.15) is 0 Å². The van der Waals surface area contributed by atoms with Crippen LogP contribution in [0.3, 0.4) is 0 Å². The molecule has 2 aromatic carbocycles. The van der Waals surface area contributed by atoms with Crippen molar-refractivity contribution in [3.63, 3.8) is 0 Å². The summed E-state index contributed by atoms with van der Waals surface area (Å²) in [7, 11) is 0. The first-order valence-corrected chi connectivity index (χ1v) is 12.2. The third kappa shape index (κ3) is 3.80. The van der Waals surface area contributed by atoms with Gasteiger partial charge in [0, 0.05) is 17.2 Å². The van der Waals surface area contributed by atoms with Crippen LogP contribution in [0.1, 0.15) is 79.1 Å². The van der Waals surface area contributed by atoms with E-state index in [1.54, 1.807) is 0 Å². The highest BCUT2D eigenvalue weighted by atomic mass is 14.8. The van der Waals surface area contributed by atoms with E-state index in [0.29, 0.717) is 0 Å². The molecule has 3 aromatic rings. The predicted molar refractivity (Wildman–Crippen MR) is 133 cm³/mol. The Morgan fingerprint density at radius 1 is 0.969 bits per heavy atom. The van der Waals surface area contributed by atoms with E-state index in [1.165, 1.54) is 34.4 Å². The van der Waals surface area contributed by atoms with E-state index in [-0.39, 0.29) is 11.5 Å². The maximum Gasteiger partial charge on any atom is 0.0880 e. The van der Waals surface area contributed by atoms with Gasteiger partial charge in [0.25, 0.3) is 0 Å². The number of pyridine rings is 1. The molecule has 1 aromatic heterocycles. The van der Waals surface area contributed by atoms with Gasteiger partial charge in [-0.25, -0.2) is 4.99 Å². The topological polar surface area (TPSA) is 51.3 Å². The number of fused-ring (bicyclic) bond motifs is 1. The van der Waals surface area contributed by atoms with Crippen molar-refractivity contribution in [2.24, 2.45) is 10.7 Å². The van der Waals surface area contributed by atoms with Crippen LogP contribution >= 0.6 is 0 Å². The van der Waals surface area contributed by atoms with Crippen LogP contribution in [-0.4, -0.2) is 10.7 Å². The Kier molecular flexibility index (Phi) is 5.69. The molecule has 5 rings (SSSR count). The zero-order valence-electron chi connectivity index (χ0n) is 19.3. The van der Waals surface area contributed by atoms with Crippen LogP contribution in [0.4, 0.5) is 5.69 Å². The lowest BCUT2D eigenvalue weighted by Gasteiger charge is -2.38. The van der Waals surface area contributed by atoms with Crippen LogP contribution in [0, 0.1) is 0 Å². The highest BCUT2D eigenvalue weighted by molar-refractivity contribution is 6.07. The Hall–Kier alpha value is -2.78. The molecule has 32 heavy (non-hydrogen) atoms. The second-order valence-corrected chi connectivity index (χ2v) is 9.36. The summed E-state index contributed by atoms with van der Waals surface area (Å²) in [6.45, 7) is 4.40. The summed E-state index contributed by atoms with van der Waals surface area (Å²) in [5.41, 5.74) is 16.1. The Balaban J connectivity index is 1.63. The molecule has 0 saturated heterocycles. The van der Waals surface area contributed by atoms with Crippen LogP contribution in [0.25, 0.3) is 0 Å². The van der Waals surface area contributed by atoms with Gasteiger partial charge in [0.2, 0.25) is 0 Å². The SMILES string of the molecule is CCc1cc(CC)c2c(n1)CCC(c1ccccc1)C(c1ccc(C3(N)CCC3)cc1)=N2. The normalized spacial score (nSPS) is 19.5. The van der Waals surface area contributed by atoms with Crippen molar-refractivity contribution >= 4 is 11.4 Å². The summed E-state index contributed by atoms with van der Waals surface area (Å²) in [5.74, 6) is 0.251. The molecule has 1 unspecified atom stereocenters. The maximum atomic E-state index is 6.59. The van der Waals surface area contributed by atoms with E-state index >= 15 is 0 Å². The first-order chi connectivity index (χ1) is 15.6. The summed E-state index contributed by atoms with van der Waals surface area (Å²) in [5, 5.41) is 0. The molecule has 3 heteroatoms. The first kappa shape index (κ1) is 21.1. The van der Waals surface area contributed by atoms with Crippen molar-refractivity contribution < 1.29 is 0 Å². The van der Waals surface area contributed by atoms with Gasteiger partial charge in [0.05, 0.1) is 17.1 Å². The molecule has 1 fully saturated rings. The molecule has 2 heterocycles.